The van der Waals surface area contributed by atoms with Gasteiger partial charge >= 0.3 is 0 Å². The van der Waals surface area contributed by atoms with Gasteiger partial charge in [-0.2, -0.15) is 5.10 Å². The number of carbonyl (C=O) groups excluding carboxylic acids is 1. The zero-order valence-electron chi connectivity index (χ0n) is 14.3. The molecule has 0 aliphatic carbocycles. The first-order chi connectivity index (χ1) is 12.6. The van der Waals surface area contributed by atoms with Crippen LogP contribution in [0.5, 0.6) is 0 Å². The quantitative estimate of drug-likeness (QED) is 0.780. The highest BCUT2D eigenvalue weighted by atomic mass is 19.1. The summed E-state index contributed by atoms with van der Waals surface area (Å²) in [6, 6.07) is 15.6. The van der Waals surface area contributed by atoms with Crippen LogP contribution in [0.15, 0.2) is 54.6 Å². The number of anilines is 1. The number of halogens is 1. The number of fused-ring (bicyclic) bond motifs is 1. The zero-order chi connectivity index (χ0) is 18.1. The van der Waals surface area contributed by atoms with Gasteiger partial charge in [-0.15, -0.1) is 0 Å². The summed E-state index contributed by atoms with van der Waals surface area (Å²) in [5.74, 6) is -0.529. The molecular formula is C20H18FN3O2. The number of para-hydroxylation sites is 1. The molecule has 1 amide bonds. The van der Waals surface area contributed by atoms with E-state index in [1.807, 2.05) is 31.2 Å². The highest BCUT2D eigenvalue weighted by Gasteiger charge is 2.24. The molecule has 0 bridgehead atoms. The zero-order valence-corrected chi connectivity index (χ0v) is 14.3. The summed E-state index contributed by atoms with van der Waals surface area (Å²) >= 11 is 0. The predicted octanol–water partition coefficient (Wildman–Crippen LogP) is 3.85. The number of hydrogen-bond acceptors (Lipinski definition) is 3. The highest BCUT2D eigenvalue weighted by molar-refractivity contribution is 6.03. The lowest BCUT2D eigenvalue weighted by molar-refractivity contribution is -0.00122. The molecule has 1 N–H and O–H groups in total. The fourth-order valence-corrected chi connectivity index (χ4v) is 3.01. The number of aryl methyl sites for hydroxylation is 1. The van der Waals surface area contributed by atoms with E-state index in [0.717, 1.165) is 22.5 Å². The summed E-state index contributed by atoms with van der Waals surface area (Å²) in [5.41, 5.74) is 3.84. The van der Waals surface area contributed by atoms with Gasteiger partial charge in [0.15, 0.2) is 5.69 Å². The standard InChI is InChI=1S/C20H18FN3O2/c1-13-4-2-3-5-17(13)22-20(25)18-10-16-12-26-19(11-24(16)23-18)14-6-8-15(21)9-7-14/h2-10,19H,11-12H2,1H3,(H,22,25)/t19-/m0/s1. The monoisotopic (exact) mass is 351 g/mol. The van der Waals surface area contributed by atoms with E-state index in [9.17, 15) is 9.18 Å². The number of carbonyl (C=O) groups is 1. The van der Waals surface area contributed by atoms with Gasteiger partial charge in [-0.05, 0) is 42.3 Å². The van der Waals surface area contributed by atoms with Crippen LogP contribution < -0.4 is 5.32 Å². The molecule has 4 rings (SSSR count). The Hall–Kier alpha value is -2.99. The van der Waals surface area contributed by atoms with E-state index in [2.05, 4.69) is 10.4 Å². The third-order valence-electron chi connectivity index (χ3n) is 4.50. The second kappa shape index (κ2) is 6.72. The first kappa shape index (κ1) is 16.5. The number of aromatic nitrogens is 2. The molecule has 1 aliphatic heterocycles. The first-order valence-corrected chi connectivity index (χ1v) is 8.41. The van der Waals surface area contributed by atoms with E-state index in [1.165, 1.54) is 12.1 Å². The Bertz CT molecular complexity index is 950. The lowest BCUT2D eigenvalue weighted by atomic mass is 10.1. The van der Waals surface area contributed by atoms with Crippen molar-refractivity contribution in [2.24, 2.45) is 0 Å². The van der Waals surface area contributed by atoms with Crippen molar-refractivity contribution in [1.29, 1.82) is 0 Å². The van der Waals surface area contributed by atoms with Gasteiger partial charge < -0.3 is 10.1 Å². The van der Waals surface area contributed by atoms with Crippen molar-refractivity contribution in [2.75, 3.05) is 5.32 Å². The maximum atomic E-state index is 13.1. The van der Waals surface area contributed by atoms with Crippen LogP contribution in [-0.2, 0) is 17.9 Å². The van der Waals surface area contributed by atoms with Crippen LogP contribution in [0.1, 0.15) is 33.4 Å². The summed E-state index contributed by atoms with van der Waals surface area (Å²) in [5, 5.41) is 7.31. The Balaban J connectivity index is 1.51. The van der Waals surface area contributed by atoms with E-state index in [1.54, 1.807) is 22.9 Å². The Morgan fingerprint density at radius 2 is 2.00 bits per heavy atom. The summed E-state index contributed by atoms with van der Waals surface area (Å²) in [6.07, 6.45) is -0.213. The number of benzene rings is 2. The number of rotatable bonds is 3. The van der Waals surface area contributed by atoms with Crippen LogP contribution in [0.2, 0.25) is 0 Å². The highest BCUT2D eigenvalue weighted by Crippen LogP contribution is 2.27. The molecule has 1 aromatic heterocycles. The topological polar surface area (TPSA) is 56.2 Å². The van der Waals surface area contributed by atoms with Crippen LogP contribution in [0.4, 0.5) is 10.1 Å². The second-order valence-corrected chi connectivity index (χ2v) is 6.32. The number of ether oxygens (including phenoxy) is 1. The van der Waals surface area contributed by atoms with Crippen LogP contribution >= 0.6 is 0 Å². The van der Waals surface area contributed by atoms with E-state index >= 15 is 0 Å². The van der Waals surface area contributed by atoms with Crippen molar-refractivity contribution in [1.82, 2.24) is 9.78 Å². The molecule has 3 aromatic rings. The molecule has 1 aliphatic rings. The molecule has 2 heterocycles. The Morgan fingerprint density at radius 3 is 2.77 bits per heavy atom. The van der Waals surface area contributed by atoms with E-state index in [-0.39, 0.29) is 17.8 Å². The van der Waals surface area contributed by atoms with Gasteiger partial charge in [0.2, 0.25) is 0 Å². The Morgan fingerprint density at radius 1 is 1.23 bits per heavy atom. The van der Waals surface area contributed by atoms with Gasteiger partial charge in [0.05, 0.1) is 18.8 Å². The van der Waals surface area contributed by atoms with Crippen LogP contribution in [0.25, 0.3) is 0 Å². The van der Waals surface area contributed by atoms with Crippen LogP contribution in [-0.4, -0.2) is 15.7 Å². The third kappa shape index (κ3) is 3.23. The number of nitrogens with one attached hydrogen (secondary N) is 1. The van der Waals surface area contributed by atoms with Crippen molar-refractivity contribution in [3.8, 4) is 0 Å². The predicted molar refractivity (Wildman–Crippen MR) is 95.3 cm³/mol. The van der Waals surface area contributed by atoms with Crippen molar-refractivity contribution < 1.29 is 13.9 Å². The molecule has 132 valence electrons. The lowest BCUT2D eigenvalue weighted by Gasteiger charge is -2.24. The minimum atomic E-state index is -0.278. The van der Waals surface area contributed by atoms with Gasteiger partial charge in [0, 0.05) is 5.69 Å². The van der Waals surface area contributed by atoms with Crippen LogP contribution in [0.3, 0.4) is 0 Å². The fraction of sp³-hybridized carbons (Fsp3) is 0.200. The maximum Gasteiger partial charge on any atom is 0.276 e. The molecular weight excluding hydrogens is 333 g/mol. The Labute approximate surface area is 150 Å². The molecule has 26 heavy (non-hydrogen) atoms. The first-order valence-electron chi connectivity index (χ1n) is 8.41. The molecule has 0 saturated carbocycles. The molecule has 0 saturated heterocycles. The number of nitrogens with zero attached hydrogens (tertiary/aromatic N) is 2. The largest absolute Gasteiger partial charge is 0.365 e. The van der Waals surface area contributed by atoms with Gasteiger partial charge in [0.25, 0.3) is 5.91 Å². The molecule has 0 unspecified atom stereocenters. The van der Waals surface area contributed by atoms with E-state index < -0.39 is 0 Å². The molecule has 6 heteroatoms. The smallest absolute Gasteiger partial charge is 0.276 e. The molecule has 1 atom stereocenters. The minimum Gasteiger partial charge on any atom is -0.365 e. The van der Waals surface area contributed by atoms with Gasteiger partial charge in [0.1, 0.15) is 11.9 Å². The minimum absolute atomic E-state index is 0.213. The van der Waals surface area contributed by atoms with Crippen LogP contribution in [0, 0.1) is 12.7 Å². The molecule has 0 radical (unpaired) electrons. The molecule has 5 nitrogen and oxygen atoms in total. The lowest BCUT2D eigenvalue weighted by Crippen LogP contribution is -2.22. The van der Waals surface area contributed by atoms with Gasteiger partial charge in [-0.3, -0.25) is 9.48 Å². The average molecular weight is 351 g/mol. The van der Waals surface area contributed by atoms with Crippen molar-refractivity contribution >= 4 is 11.6 Å². The van der Waals surface area contributed by atoms with Crippen molar-refractivity contribution in [3.05, 3.63) is 82.9 Å². The van der Waals surface area contributed by atoms with Gasteiger partial charge in [-0.25, -0.2) is 4.39 Å². The Kier molecular flexibility index (Phi) is 4.26. The van der Waals surface area contributed by atoms with Crippen molar-refractivity contribution in [3.63, 3.8) is 0 Å². The molecule has 2 aromatic carbocycles. The molecule has 0 fully saturated rings. The van der Waals surface area contributed by atoms with Crippen molar-refractivity contribution in [2.45, 2.75) is 26.2 Å². The summed E-state index contributed by atoms with van der Waals surface area (Å²) in [4.78, 5) is 12.5. The third-order valence-corrected chi connectivity index (χ3v) is 4.50. The number of amides is 1. The fourth-order valence-electron chi connectivity index (χ4n) is 3.01. The SMILES string of the molecule is Cc1ccccc1NC(=O)c1cc2n(n1)C[C@@H](c1ccc(F)cc1)OC2. The molecule has 0 spiro atoms. The maximum absolute atomic E-state index is 13.1. The van der Waals surface area contributed by atoms with Gasteiger partial charge in [-0.1, -0.05) is 30.3 Å². The summed E-state index contributed by atoms with van der Waals surface area (Å²) in [6.45, 7) is 2.78. The average Bonchev–Trinajstić information content (AvgIpc) is 3.07. The van der Waals surface area contributed by atoms with E-state index in [0.29, 0.717) is 18.8 Å². The normalized spacial score (nSPS) is 16.2. The number of hydrogen-bond donors (Lipinski definition) is 1. The van der Waals surface area contributed by atoms with E-state index in [4.69, 9.17) is 4.74 Å². The summed E-state index contributed by atoms with van der Waals surface area (Å²) < 4.78 is 20.7. The summed E-state index contributed by atoms with van der Waals surface area (Å²) in [7, 11) is 0. The second-order valence-electron chi connectivity index (χ2n) is 6.32.